The summed E-state index contributed by atoms with van der Waals surface area (Å²) < 4.78 is 19.6. The molecule has 3 heteroatoms. The monoisotopic (exact) mass is 647 g/mol. The fourth-order valence-electron chi connectivity index (χ4n) is 12.1. The fourth-order valence-corrected chi connectivity index (χ4v) is 12.1. The van der Waals surface area contributed by atoms with E-state index in [1.807, 2.05) is 14.2 Å². The smallest absolute Gasteiger partial charge is 0.110 e. The van der Waals surface area contributed by atoms with Crippen molar-refractivity contribution in [1.82, 2.24) is 0 Å². The van der Waals surface area contributed by atoms with Gasteiger partial charge >= 0.3 is 0 Å². The van der Waals surface area contributed by atoms with E-state index in [2.05, 4.69) is 62.5 Å². The van der Waals surface area contributed by atoms with E-state index in [-0.39, 0.29) is 22.0 Å². The van der Waals surface area contributed by atoms with Crippen LogP contribution in [0.5, 0.6) is 0 Å². The average molecular weight is 647 g/mol. The molecule has 47 heavy (non-hydrogen) atoms. The van der Waals surface area contributed by atoms with E-state index in [1.165, 1.54) is 128 Å². The molecule has 0 N–H and O–H groups in total. The van der Waals surface area contributed by atoms with Crippen LogP contribution in [0.25, 0.3) is 0 Å². The standard InChI is InChI=1S/C44H70O3/c1-5-35-13-17-39(18-14-35)41(25-9-7-10-26-41)43(45-3)29-21-37(22-30-43)33-47-34-38-23-31-44(46-4,32-24-38)42(27-11-8-12-28-42)40-19-15-36(6-2)16-20-40/h21-24,29-32,35-40H,5-20,25-28,33-34H2,1-4H3. The van der Waals surface area contributed by atoms with Gasteiger partial charge in [0.25, 0.3) is 0 Å². The molecule has 0 aromatic carbocycles. The molecular formula is C44H70O3. The molecule has 0 aromatic rings. The summed E-state index contributed by atoms with van der Waals surface area (Å²) in [6, 6.07) is 0. The lowest BCUT2D eigenvalue weighted by Gasteiger charge is -2.56. The highest BCUT2D eigenvalue weighted by atomic mass is 16.5. The van der Waals surface area contributed by atoms with Crippen LogP contribution in [0.4, 0.5) is 0 Å². The van der Waals surface area contributed by atoms with Crippen LogP contribution >= 0.6 is 0 Å². The van der Waals surface area contributed by atoms with Gasteiger partial charge in [-0.2, -0.15) is 0 Å². The van der Waals surface area contributed by atoms with E-state index in [0.29, 0.717) is 11.8 Å². The van der Waals surface area contributed by atoms with Crippen molar-refractivity contribution in [1.29, 1.82) is 0 Å². The predicted molar refractivity (Wildman–Crippen MR) is 196 cm³/mol. The van der Waals surface area contributed by atoms with E-state index in [1.54, 1.807) is 0 Å². The van der Waals surface area contributed by atoms with Gasteiger partial charge in [0, 0.05) is 36.9 Å². The first-order chi connectivity index (χ1) is 23.0. The van der Waals surface area contributed by atoms with Gasteiger partial charge in [0.05, 0.1) is 13.2 Å². The Balaban J connectivity index is 1.06. The molecule has 0 aliphatic heterocycles. The average Bonchev–Trinajstić information content (AvgIpc) is 3.16. The van der Waals surface area contributed by atoms with Crippen molar-refractivity contribution < 1.29 is 14.2 Å². The first-order valence-electron chi connectivity index (χ1n) is 20.4. The molecule has 0 unspecified atom stereocenters. The maximum absolute atomic E-state index is 6.57. The molecule has 6 rings (SSSR count). The summed E-state index contributed by atoms with van der Waals surface area (Å²) in [5.74, 6) is 4.04. The summed E-state index contributed by atoms with van der Waals surface area (Å²) in [7, 11) is 3.93. The summed E-state index contributed by atoms with van der Waals surface area (Å²) in [5, 5.41) is 0. The molecule has 6 aliphatic carbocycles. The molecule has 4 fully saturated rings. The molecular weight excluding hydrogens is 576 g/mol. The molecule has 3 nitrogen and oxygen atoms in total. The highest BCUT2D eigenvalue weighted by Crippen LogP contribution is 2.59. The predicted octanol–water partition coefficient (Wildman–Crippen LogP) is 11.6. The van der Waals surface area contributed by atoms with Crippen molar-refractivity contribution >= 4 is 0 Å². The van der Waals surface area contributed by atoms with Crippen LogP contribution in [0.1, 0.15) is 142 Å². The van der Waals surface area contributed by atoms with E-state index in [0.717, 1.165) is 36.9 Å². The maximum atomic E-state index is 6.57. The van der Waals surface area contributed by atoms with Gasteiger partial charge in [-0.3, -0.25) is 0 Å². The fraction of sp³-hybridized carbons (Fsp3) is 0.818. The van der Waals surface area contributed by atoms with E-state index >= 15 is 0 Å². The lowest BCUT2D eigenvalue weighted by molar-refractivity contribution is -0.109. The molecule has 0 radical (unpaired) electrons. The third kappa shape index (κ3) is 6.95. The van der Waals surface area contributed by atoms with Gasteiger partial charge in [0.2, 0.25) is 0 Å². The third-order valence-electron chi connectivity index (χ3n) is 15.1. The second-order valence-corrected chi connectivity index (χ2v) is 17.0. The van der Waals surface area contributed by atoms with Crippen molar-refractivity contribution in [2.24, 2.45) is 46.3 Å². The number of rotatable bonds is 12. The molecule has 0 aromatic heterocycles. The van der Waals surface area contributed by atoms with Crippen molar-refractivity contribution in [3.8, 4) is 0 Å². The summed E-state index contributed by atoms with van der Waals surface area (Å²) in [6.45, 7) is 6.23. The Bertz CT molecular complexity index is 971. The Hall–Kier alpha value is -1.16. The van der Waals surface area contributed by atoms with Crippen LogP contribution in [0.3, 0.4) is 0 Å². The van der Waals surface area contributed by atoms with Crippen LogP contribution in [0.2, 0.25) is 0 Å². The van der Waals surface area contributed by atoms with Crippen LogP contribution in [-0.4, -0.2) is 38.6 Å². The molecule has 0 heterocycles. The minimum atomic E-state index is -0.267. The summed E-state index contributed by atoms with van der Waals surface area (Å²) in [6.07, 6.45) is 46.7. The zero-order valence-electron chi connectivity index (χ0n) is 30.9. The molecule has 0 saturated heterocycles. The van der Waals surface area contributed by atoms with Crippen LogP contribution in [0, 0.1) is 46.3 Å². The molecule has 264 valence electrons. The van der Waals surface area contributed by atoms with Crippen molar-refractivity contribution in [2.75, 3.05) is 27.4 Å². The minimum Gasteiger partial charge on any atom is -0.380 e. The molecule has 0 spiro atoms. The highest BCUT2D eigenvalue weighted by molar-refractivity contribution is 5.31. The largest absolute Gasteiger partial charge is 0.380 e. The SMILES string of the molecule is CCC1CCC(C2(C3(OC)C=CC(COCC4C=CC(OC)(C5(C6CCC(CC)CC6)CCCCC5)C=C4)C=C3)CCCCC2)CC1. The quantitative estimate of drug-likeness (QED) is 0.197. The van der Waals surface area contributed by atoms with Crippen molar-refractivity contribution in [2.45, 2.75) is 153 Å². The number of methoxy groups -OCH3 is 2. The molecule has 0 amide bonds. The first kappa shape index (κ1) is 35.7. The normalized spacial score (nSPS) is 40.0. The van der Waals surface area contributed by atoms with Crippen LogP contribution in [0.15, 0.2) is 48.6 Å². The maximum Gasteiger partial charge on any atom is 0.110 e. The summed E-state index contributed by atoms with van der Waals surface area (Å²) in [4.78, 5) is 0. The first-order valence-corrected chi connectivity index (χ1v) is 20.4. The number of hydrogen-bond donors (Lipinski definition) is 0. The van der Waals surface area contributed by atoms with Gasteiger partial charge in [-0.1, -0.05) is 140 Å². The Morgan fingerprint density at radius 3 is 1.13 bits per heavy atom. The van der Waals surface area contributed by atoms with Gasteiger partial charge in [-0.15, -0.1) is 0 Å². The minimum absolute atomic E-state index is 0.244. The topological polar surface area (TPSA) is 27.7 Å². The number of hydrogen-bond acceptors (Lipinski definition) is 3. The lowest BCUT2D eigenvalue weighted by atomic mass is 9.52. The second kappa shape index (κ2) is 15.8. The molecule has 6 aliphatic rings. The Kier molecular flexibility index (Phi) is 12.0. The van der Waals surface area contributed by atoms with Gasteiger partial charge in [-0.25, -0.2) is 0 Å². The van der Waals surface area contributed by atoms with Gasteiger partial charge in [0.15, 0.2) is 0 Å². The molecule has 0 bridgehead atoms. The van der Waals surface area contributed by atoms with Gasteiger partial charge in [0.1, 0.15) is 11.2 Å². The second-order valence-electron chi connectivity index (χ2n) is 17.0. The molecule has 0 atom stereocenters. The van der Waals surface area contributed by atoms with Crippen LogP contribution < -0.4 is 0 Å². The van der Waals surface area contributed by atoms with Crippen molar-refractivity contribution in [3.05, 3.63) is 48.6 Å². The lowest BCUT2D eigenvalue weighted by Crippen LogP contribution is -2.54. The van der Waals surface area contributed by atoms with Crippen molar-refractivity contribution in [3.63, 3.8) is 0 Å². The number of ether oxygens (including phenoxy) is 3. The Labute approximate surface area is 289 Å². The van der Waals surface area contributed by atoms with E-state index in [9.17, 15) is 0 Å². The molecule has 4 saturated carbocycles. The highest BCUT2D eigenvalue weighted by Gasteiger charge is 2.56. The zero-order chi connectivity index (χ0) is 32.8. The zero-order valence-corrected chi connectivity index (χ0v) is 30.9. The van der Waals surface area contributed by atoms with Gasteiger partial charge < -0.3 is 14.2 Å². The summed E-state index contributed by atoms with van der Waals surface area (Å²) in [5.41, 5.74) is -0.0458. The Morgan fingerprint density at radius 1 is 0.489 bits per heavy atom. The Morgan fingerprint density at radius 2 is 0.830 bits per heavy atom. The van der Waals surface area contributed by atoms with E-state index < -0.39 is 0 Å². The van der Waals surface area contributed by atoms with Gasteiger partial charge in [-0.05, 0) is 75.0 Å². The summed E-state index contributed by atoms with van der Waals surface area (Å²) >= 11 is 0. The third-order valence-corrected chi connectivity index (χ3v) is 15.1. The van der Waals surface area contributed by atoms with Crippen LogP contribution in [-0.2, 0) is 14.2 Å². The van der Waals surface area contributed by atoms with E-state index in [4.69, 9.17) is 14.2 Å².